The molecule has 0 spiro atoms. The first-order valence-corrected chi connectivity index (χ1v) is 5.72. The third kappa shape index (κ3) is 3.28. The van der Waals surface area contributed by atoms with Gasteiger partial charge in [-0.2, -0.15) is 0 Å². The number of carbonyl (C=O) groups excluding carboxylic acids is 1. The summed E-state index contributed by atoms with van der Waals surface area (Å²) >= 11 is 0. The van der Waals surface area contributed by atoms with Gasteiger partial charge >= 0.3 is 0 Å². The van der Waals surface area contributed by atoms with Crippen molar-refractivity contribution in [3.05, 3.63) is 0 Å². The van der Waals surface area contributed by atoms with Crippen molar-refractivity contribution in [2.45, 2.75) is 39.2 Å². The van der Waals surface area contributed by atoms with Gasteiger partial charge in [-0.3, -0.25) is 4.79 Å². The fourth-order valence-corrected chi connectivity index (χ4v) is 2.05. The molecule has 1 aliphatic heterocycles. The number of likely N-dealkylation sites (tertiary alicyclic amines) is 1. The molecule has 1 saturated heterocycles. The summed E-state index contributed by atoms with van der Waals surface area (Å²) in [5.74, 6) is -4.50. The third-order valence-corrected chi connectivity index (χ3v) is 3.37. The first kappa shape index (κ1) is 16.6. The van der Waals surface area contributed by atoms with Crippen LogP contribution in [0.15, 0.2) is 0 Å². The topological polar surface area (TPSA) is 46.3 Å². The molecule has 0 aromatic heterocycles. The van der Waals surface area contributed by atoms with Gasteiger partial charge in [0.15, 0.2) is 0 Å². The molecule has 1 heterocycles. The zero-order chi connectivity index (χ0) is 12.5. The standard InChI is InChI=1S/C11H20F2N2O.ClH/c1-4-9(14)10(16)15-5-7(2)11(12,13)8(3)6-15;/h7-9H,4-6,14H2,1-3H3;1H. The Morgan fingerprint density at radius 1 is 1.41 bits per heavy atom. The van der Waals surface area contributed by atoms with Crippen LogP contribution in [0, 0.1) is 11.8 Å². The van der Waals surface area contributed by atoms with Crippen LogP contribution in [0.4, 0.5) is 8.78 Å². The summed E-state index contributed by atoms with van der Waals surface area (Å²) in [5, 5.41) is 0. The number of nitrogens with two attached hydrogens (primary N) is 1. The number of halogens is 3. The lowest BCUT2D eigenvalue weighted by Crippen LogP contribution is -2.56. The number of amides is 1. The van der Waals surface area contributed by atoms with Crippen molar-refractivity contribution in [3.8, 4) is 0 Å². The molecule has 1 rings (SSSR count). The molecular formula is C11H21ClF2N2O. The molecule has 6 heteroatoms. The van der Waals surface area contributed by atoms with Crippen molar-refractivity contribution in [3.63, 3.8) is 0 Å². The van der Waals surface area contributed by atoms with E-state index in [1.54, 1.807) is 0 Å². The zero-order valence-electron chi connectivity index (χ0n) is 10.5. The van der Waals surface area contributed by atoms with E-state index in [1.165, 1.54) is 18.7 Å². The van der Waals surface area contributed by atoms with Crippen LogP contribution in [0.3, 0.4) is 0 Å². The van der Waals surface area contributed by atoms with Gasteiger partial charge in [-0.15, -0.1) is 12.4 Å². The van der Waals surface area contributed by atoms with Gasteiger partial charge in [0.05, 0.1) is 6.04 Å². The van der Waals surface area contributed by atoms with Crippen LogP contribution < -0.4 is 5.73 Å². The van der Waals surface area contributed by atoms with Crippen molar-refractivity contribution in [1.29, 1.82) is 0 Å². The summed E-state index contributed by atoms with van der Waals surface area (Å²) in [5.41, 5.74) is 5.63. The summed E-state index contributed by atoms with van der Waals surface area (Å²) in [6.07, 6.45) is 0.536. The van der Waals surface area contributed by atoms with Crippen LogP contribution >= 0.6 is 12.4 Å². The zero-order valence-corrected chi connectivity index (χ0v) is 11.3. The number of nitrogens with zero attached hydrogens (tertiary/aromatic N) is 1. The van der Waals surface area contributed by atoms with E-state index in [0.29, 0.717) is 6.42 Å². The van der Waals surface area contributed by atoms with Crippen LogP contribution in [-0.4, -0.2) is 35.9 Å². The Labute approximate surface area is 107 Å². The second-order valence-electron chi connectivity index (χ2n) is 4.73. The first-order chi connectivity index (χ1) is 7.30. The Balaban J connectivity index is 0.00000256. The van der Waals surface area contributed by atoms with Gasteiger partial charge < -0.3 is 10.6 Å². The molecule has 0 aromatic carbocycles. The van der Waals surface area contributed by atoms with Crippen LogP contribution in [0.1, 0.15) is 27.2 Å². The van der Waals surface area contributed by atoms with Crippen molar-refractivity contribution >= 4 is 18.3 Å². The quantitative estimate of drug-likeness (QED) is 0.833. The highest BCUT2D eigenvalue weighted by atomic mass is 35.5. The molecule has 1 fully saturated rings. The predicted molar refractivity (Wildman–Crippen MR) is 65.4 cm³/mol. The van der Waals surface area contributed by atoms with Crippen LogP contribution in [-0.2, 0) is 4.79 Å². The van der Waals surface area contributed by atoms with Crippen molar-refractivity contribution in [1.82, 2.24) is 4.90 Å². The second kappa shape index (κ2) is 5.96. The molecule has 3 nitrogen and oxygen atoms in total. The van der Waals surface area contributed by atoms with Crippen molar-refractivity contribution < 1.29 is 13.6 Å². The molecule has 17 heavy (non-hydrogen) atoms. The minimum absolute atomic E-state index is 0. The average Bonchev–Trinajstić information content (AvgIpc) is 2.23. The summed E-state index contributed by atoms with van der Waals surface area (Å²) in [6.45, 7) is 4.97. The van der Waals surface area contributed by atoms with Gasteiger partial charge in [0.2, 0.25) is 5.91 Å². The number of hydrogen-bond donors (Lipinski definition) is 1. The van der Waals surface area contributed by atoms with E-state index >= 15 is 0 Å². The summed E-state index contributed by atoms with van der Waals surface area (Å²) < 4.78 is 27.1. The average molecular weight is 271 g/mol. The Morgan fingerprint density at radius 3 is 2.18 bits per heavy atom. The fourth-order valence-electron chi connectivity index (χ4n) is 2.05. The van der Waals surface area contributed by atoms with E-state index in [1.807, 2.05) is 6.92 Å². The SMILES string of the molecule is CCC(N)C(=O)N1CC(C)C(F)(F)C(C)C1.Cl. The van der Waals surface area contributed by atoms with Crippen LogP contribution in [0.5, 0.6) is 0 Å². The van der Waals surface area contributed by atoms with E-state index in [-0.39, 0.29) is 31.4 Å². The lowest BCUT2D eigenvalue weighted by atomic mass is 9.87. The van der Waals surface area contributed by atoms with Gasteiger partial charge in [0, 0.05) is 24.9 Å². The molecule has 3 atom stereocenters. The second-order valence-corrected chi connectivity index (χ2v) is 4.73. The van der Waals surface area contributed by atoms with Crippen LogP contribution in [0.2, 0.25) is 0 Å². The lowest BCUT2D eigenvalue weighted by molar-refractivity contribution is -0.159. The molecule has 1 aliphatic rings. The van der Waals surface area contributed by atoms with Crippen LogP contribution in [0.25, 0.3) is 0 Å². The van der Waals surface area contributed by atoms with Gasteiger partial charge in [0.1, 0.15) is 0 Å². The number of carbonyl (C=O) groups is 1. The molecular weight excluding hydrogens is 250 g/mol. The summed E-state index contributed by atoms with van der Waals surface area (Å²) in [6, 6.07) is -0.564. The number of piperidine rings is 1. The van der Waals surface area contributed by atoms with E-state index in [2.05, 4.69) is 0 Å². The predicted octanol–water partition coefficient (Wildman–Crippen LogP) is 1.90. The van der Waals surface area contributed by atoms with Gasteiger partial charge in [0.25, 0.3) is 5.92 Å². The Kier molecular flexibility index (Phi) is 5.81. The number of hydrogen-bond acceptors (Lipinski definition) is 2. The molecule has 0 aromatic rings. The number of rotatable bonds is 2. The fraction of sp³-hybridized carbons (Fsp3) is 0.909. The minimum Gasteiger partial charge on any atom is -0.340 e. The lowest BCUT2D eigenvalue weighted by Gasteiger charge is -2.41. The van der Waals surface area contributed by atoms with Gasteiger partial charge in [-0.05, 0) is 6.42 Å². The number of alkyl halides is 2. The maximum atomic E-state index is 13.5. The highest BCUT2D eigenvalue weighted by Gasteiger charge is 2.48. The Bertz CT molecular complexity index is 262. The Hall–Kier alpha value is -0.420. The van der Waals surface area contributed by atoms with Gasteiger partial charge in [-0.1, -0.05) is 20.8 Å². The molecule has 102 valence electrons. The summed E-state index contributed by atoms with van der Waals surface area (Å²) in [4.78, 5) is 13.3. The maximum absolute atomic E-state index is 13.5. The minimum atomic E-state index is -2.69. The monoisotopic (exact) mass is 270 g/mol. The summed E-state index contributed by atoms with van der Waals surface area (Å²) in [7, 11) is 0. The van der Waals surface area contributed by atoms with Crippen molar-refractivity contribution in [2.75, 3.05) is 13.1 Å². The highest BCUT2D eigenvalue weighted by Crippen LogP contribution is 2.37. The van der Waals surface area contributed by atoms with E-state index in [9.17, 15) is 13.6 Å². The molecule has 1 amide bonds. The van der Waals surface area contributed by atoms with E-state index in [4.69, 9.17) is 5.73 Å². The molecule has 2 N–H and O–H groups in total. The van der Waals surface area contributed by atoms with Crippen molar-refractivity contribution in [2.24, 2.45) is 17.6 Å². The smallest absolute Gasteiger partial charge is 0.256 e. The Morgan fingerprint density at radius 2 is 1.82 bits per heavy atom. The molecule has 0 saturated carbocycles. The van der Waals surface area contributed by atoms with E-state index in [0.717, 1.165) is 0 Å². The molecule has 3 unspecified atom stereocenters. The third-order valence-electron chi connectivity index (χ3n) is 3.37. The maximum Gasteiger partial charge on any atom is 0.256 e. The molecule has 0 aliphatic carbocycles. The largest absolute Gasteiger partial charge is 0.340 e. The van der Waals surface area contributed by atoms with Gasteiger partial charge in [-0.25, -0.2) is 8.78 Å². The normalized spacial score (nSPS) is 29.4. The highest BCUT2D eigenvalue weighted by molar-refractivity contribution is 5.85. The van der Waals surface area contributed by atoms with E-state index < -0.39 is 23.8 Å². The first-order valence-electron chi connectivity index (χ1n) is 5.72. The molecule has 0 radical (unpaired) electrons. The molecule has 0 bridgehead atoms.